The lowest BCUT2D eigenvalue weighted by Crippen LogP contribution is -2.39. The Labute approximate surface area is 295 Å². The first-order valence-corrected chi connectivity index (χ1v) is 20.2. The summed E-state index contributed by atoms with van der Waals surface area (Å²) in [6.07, 6.45) is 5.64. The molecule has 3 unspecified atom stereocenters. The SMILES string of the molecule is Cc1ccc(Oc2ccc(Cc3nsc(N4CCCN(S(=O)(=O)CC(CCC(C)CC(C)(C)C)C(C)CC(C)(C)C)CC4)n3)cc2)cc1. The highest BCUT2D eigenvalue weighted by atomic mass is 32.2. The zero-order valence-corrected chi connectivity index (χ0v) is 32.6. The number of sulfonamides is 1. The Kier molecular flexibility index (Phi) is 13.2. The molecular formula is C39H60N4O3S2. The van der Waals surface area contributed by atoms with Crippen molar-refractivity contribution in [3.05, 3.63) is 65.5 Å². The van der Waals surface area contributed by atoms with Crippen LogP contribution in [0.3, 0.4) is 0 Å². The zero-order chi connectivity index (χ0) is 35.1. The molecule has 266 valence electrons. The van der Waals surface area contributed by atoms with Gasteiger partial charge in [-0.3, -0.25) is 0 Å². The van der Waals surface area contributed by atoms with Crippen molar-refractivity contribution in [1.29, 1.82) is 0 Å². The van der Waals surface area contributed by atoms with Gasteiger partial charge in [-0.15, -0.1) is 0 Å². The van der Waals surface area contributed by atoms with Gasteiger partial charge in [0, 0.05) is 44.1 Å². The van der Waals surface area contributed by atoms with E-state index in [0.29, 0.717) is 37.9 Å². The Morgan fingerprint density at radius 3 is 2.08 bits per heavy atom. The highest BCUT2D eigenvalue weighted by Gasteiger charge is 2.33. The van der Waals surface area contributed by atoms with Crippen LogP contribution >= 0.6 is 11.5 Å². The van der Waals surface area contributed by atoms with E-state index < -0.39 is 10.0 Å². The molecule has 1 saturated heterocycles. The van der Waals surface area contributed by atoms with Gasteiger partial charge in [0.15, 0.2) is 0 Å². The van der Waals surface area contributed by atoms with Crippen molar-refractivity contribution < 1.29 is 13.2 Å². The second-order valence-electron chi connectivity index (χ2n) is 16.7. The van der Waals surface area contributed by atoms with Crippen molar-refractivity contribution in [3.8, 4) is 11.5 Å². The molecule has 1 fully saturated rings. The van der Waals surface area contributed by atoms with Crippen LogP contribution in [0.5, 0.6) is 11.5 Å². The van der Waals surface area contributed by atoms with E-state index >= 15 is 0 Å². The molecule has 0 amide bonds. The van der Waals surface area contributed by atoms with E-state index in [9.17, 15) is 8.42 Å². The lowest BCUT2D eigenvalue weighted by Gasteiger charge is -2.32. The number of nitrogens with zero attached hydrogens (tertiary/aromatic N) is 4. The molecule has 1 aliphatic heterocycles. The number of hydrogen-bond donors (Lipinski definition) is 0. The first kappa shape index (κ1) is 38.3. The van der Waals surface area contributed by atoms with Gasteiger partial charge in [0.05, 0.1) is 5.75 Å². The maximum Gasteiger partial charge on any atom is 0.214 e. The van der Waals surface area contributed by atoms with E-state index in [2.05, 4.69) is 83.7 Å². The molecule has 3 aromatic rings. The third-order valence-electron chi connectivity index (χ3n) is 9.27. The number of benzene rings is 2. The van der Waals surface area contributed by atoms with Crippen LogP contribution in [0.4, 0.5) is 5.13 Å². The van der Waals surface area contributed by atoms with Crippen LogP contribution in [0.15, 0.2) is 48.5 Å². The van der Waals surface area contributed by atoms with Crippen LogP contribution in [0.25, 0.3) is 0 Å². The summed E-state index contributed by atoms with van der Waals surface area (Å²) in [6, 6.07) is 16.1. The number of anilines is 1. The Hall–Kier alpha value is -2.49. The lowest BCUT2D eigenvalue weighted by molar-refractivity contribution is 0.221. The molecule has 0 N–H and O–H groups in total. The Balaban J connectivity index is 1.34. The van der Waals surface area contributed by atoms with Gasteiger partial charge in [0.1, 0.15) is 17.3 Å². The number of ether oxygens (including phenoxy) is 1. The first-order chi connectivity index (χ1) is 22.5. The van der Waals surface area contributed by atoms with Crippen LogP contribution in [0, 0.1) is 35.5 Å². The van der Waals surface area contributed by atoms with Gasteiger partial charge in [-0.25, -0.2) is 17.7 Å². The molecule has 0 saturated carbocycles. The monoisotopic (exact) mass is 696 g/mol. The second-order valence-corrected chi connectivity index (χ2v) is 19.4. The van der Waals surface area contributed by atoms with Crippen molar-refractivity contribution >= 4 is 26.7 Å². The highest BCUT2D eigenvalue weighted by molar-refractivity contribution is 7.89. The predicted molar refractivity (Wildman–Crippen MR) is 202 cm³/mol. The van der Waals surface area contributed by atoms with E-state index in [1.807, 2.05) is 36.4 Å². The van der Waals surface area contributed by atoms with Crippen LogP contribution in [-0.2, 0) is 16.4 Å². The van der Waals surface area contributed by atoms with E-state index in [1.54, 1.807) is 4.31 Å². The van der Waals surface area contributed by atoms with Crippen molar-refractivity contribution in [3.63, 3.8) is 0 Å². The van der Waals surface area contributed by atoms with Gasteiger partial charge in [-0.05, 0) is 91.0 Å². The topological polar surface area (TPSA) is 75.6 Å². The molecule has 4 rings (SSSR count). The summed E-state index contributed by atoms with van der Waals surface area (Å²) < 4.78 is 40.3. The third kappa shape index (κ3) is 12.4. The van der Waals surface area contributed by atoms with E-state index in [1.165, 1.54) is 17.1 Å². The average Bonchev–Trinajstić information content (AvgIpc) is 3.29. The fourth-order valence-corrected chi connectivity index (χ4v) is 9.85. The summed E-state index contributed by atoms with van der Waals surface area (Å²) in [7, 11) is -3.39. The maximum absolute atomic E-state index is 14.0. The fraction of sp³-hybridized carbons (Fsp3) is 0.641. The van der Waals surface area contributed by atoms with E-state index in [4.69, 9.17) is 9.72 Å². The summed E-state index contributed by atoms with van der Waals surface area (Å²) in [5.74, 6) is 3.73. The average molecular weight is 697 g/mol. The minimum absolute atomic E-state index is 0.157. The first-order valence-electron chi connectivity index (χ1n) is 17.8. The molecule has 0 spiro atoms. The summed E-state index contributed by atoms with van der Waals surface area (Å²) in [6.45, 7) is 22.8. The molecule has 3 atom stereocenters. The van der Waals surface area contributed by atoms with Gasteiger partial charge >= 0.3 is 0 Å². The molecule has 1 aromatic heterocycles. The minimum atomic E-state index is -3.39. The summed E-state index contributed by atoms with van der Waals surface area (Å²) in [5, 5.41) is 0.869. The predicted octanol–water partition coefficient (Wildman–Crippen LogP) is 9.61. The summed E-state index contributed by atoms with van der Waals surface area (Å²) >= 11 is 1.40. The maximum atomic E-state index is 14.0. The molecule has 9 heteroatoms. The third-order valence-corrected chi connectivity index (χ3v) is 12.1. The second kappa shape index (κ2) is 16.5. The minimum Gasteiger partial charge on any atom is -0.457 e. The molecular weight excluding hydrogens is 637 g/mol. The molecule has 0 radical (unpaired) electrons. The van der Waals surface area contributed by atoms with Crippen molar-refractivity contribution in [2.75, 3.05) is 36.8 Å². The van der Waals surface area contributed by atoms with Gasteiger partial charge < -0.3 is 9.64 Å². The standard InChI is InChI=1S/C39H60N4O3S2/c1-29-12-17-34(18-13-29)46-35-19-14-32(15-20-35)25-36-40-37(47-41-36)42-21-10-22-43(24-23-42)48(44,45)28-33(31(3)27-39(7,8)9)16-11-30(2)26-38(4,5)6/h12-15,17-20,30-31,33H,10-11,16,21-28H2,1-9H3. The Morgan fingerprint density at radius 1 is 0.833 bits per heavy atom. The lowest BCUT2D eigenvalue weighted by atomic mass is 9.77. The Morgan fingerprint density at radius 2 is 1.46 bits per heavy atom. The quantitative estimate of drug-likeness (QED) is 0.167. The normalized spacial score (nSPS) is 17.1. The van der Waals surface area contributed by atoms with Crippen LogP contribution in [-0.4, -0.2) is 54.0 Å². The zero-order valence-electron chi connectivity index (χ0n) is 31.0. The van der Waals surface area contributed by atoms with Gasteiger partial charge in [0.2, 0.25) is 15.2 Å². The van der Waals surface area contributed by atoms with Gasteiger partial charge in [-0.2, -0.15) is 4.37 Å². The molecule has 0 aliphatic carbocycles. The van der Waals surface area contributed by atoms with E-state index in [-0.39, 0.29) is 22.5 Å². The van der Waals surface area contributed by atoms with Crippen molar-refractivity contribution in [2.45, 2.75) is 101 Å². The van der Waals surface area contributed by atoms with Crippen molar-refractivity contribution in [2.24, 2.45) is 28.6 Å². The number of rotatable bonds is 14. The number of hydrogen-bond acceptors (Lipinski definition) is 7. The summed E-state index contributed by atoms with van der Waals surface area (Å²) in [5.41, 5.74) is 2.77. The van der Waals surface area contributed by atoms with Gasteiger partial charge in [-0.1, -0.05) is 91.6 Å². The summed E-state index contributed by atoms with van der Waals surface area (Å²) in [4.78, 5) is 7.07. The molecule has 48 heavy (non-hydrogen) atoms. The number of aryl methyl sites for hydroxylation is 1. The fourth-order valence-electron chi connectivity index (χ4n) is 7.10. The smallest absolute Gasteiger partial charge is 0.214 e. The number of aromatic nitrogens is 2. The Bertz CT molecular complexity index is 1520. The van der Waals surface area contributed by atoms with Crippen LogP contribution in [0.2, 0.25) is 0 Å². The molecule has 0 bridgehead atoms. The molecule has 2 aromatic carbocycles. The molecule has 1 aliphatic rings. The molecule has 7 nitrogen and oxygen atoms in total. The largest absolute Gasteiger partial charge is 0.457 e. The highest BCUT2D eigenvalue weighted by Crippen LogP contribution is 2.35. The van der Waals surface area contributed by atoms with Gasteiger partial charge in [0.25, 0.3) is 0 Å². The van der Waals surface area contributed by atoms with E-state index in [0.717, 1.165) is 66.7 Å². The van der Waals surface area contributed by atoms with Crippen LogP contribution in [0.1, 0.15) is 104 Å². The van der Waals surface area contributed by atoms with Crippen LogP contribution < -0.4 is 9.64 Å². The van der Waals surface area contributed by atoms with Crippen molar-refractivity contribution in [1.82, 2.24) is 13.7 Å². The molecule has 2 heterocycles.